The molecule has 0 spiro atoms. The number of hydrogen-bond acceptors (Lipinski definition) is 2. The lowest BCUT2D eigenvalue weighted by molar-refractivity contribution is 0.133. The van der Waals surface area contributed by atoms with Crippen LogP contribution in [0.3, 0.4) is 0 Å². The van der Waals surface area contributed by atoms with Crippen molar-refractivity contribution in [2.24, 2.45) is 11.0 Å². The predicted octanol–water partition coefficient (Wildman–Crippen LogP) is 1.31. The second-order valence-electron chi connectivity index (χ2n) is 2.20. The molecule has 0 aromatic heterocycles. The minimum absolute atomic E-state index is 0.211. The third-order valence-corrected chi connectivity index (χ3v) is 1.07. The fourth-order valence-corrected chi connectivity index (χ4v) is 0.328. The topological polar surface area (TPSA) is 69.0 Å². The average molecular weight is 131 g/mol. The van der Waals surface area contributed by atoms with E-state index in [-0.39, 0.29) is 18.6 Å². The Morgan fingerprint density at radius 1 is 1.89 bits per heavy atom. The van der Waals surface area contributed by atoms with Crippen LogP contribution >= 0.6 is 0 Å². The van der Waals surface area contributed by atoms with E-state index in [1.165, 1.54) is 0 Å². The summed E-state index contributed by atoms with van der Waals surface area (Å²) in [4.78, 5) is 2.57. The van der Waals surface area contributed by atoms with E-state index in [0.29, 0.717) is 0 Å². The summed E-state index contributed by atoms with van der Waals surface area (Å²) in [5.74, 6) is 0.211. The van der Waals surface area contributed by atoms with E-state index >= 15 is 0 Å². The zero-order valence-corrected chi connectivity index (χ0v) is 5.61. The van der Waals surface area contributed by atoms with Crippen molar-refractivity contribution in [2.45, 2.75) is 20.0 Å². The predicted molar refractivity (Wildman–Crippen MR) is 34.9 cm³/mol. The molecule has 0 unspecified atom stereocenters. The number of aliphatic hydroxyl groups excluding tert-OH is 1. The smallest absolute Gasteiger partial charge is 0.210 e. The van der Waals surface area contributed by atoms with Gasteiger partial charge in [-0.3, -0.25) is 0 Å². The van der Waals surface area contributed by atoms with Gasteiger partial charge < -0.3 is 5.11 Å². The van der Waals surface area contributed by atoms with E-state index in [9.17, 15) is 0 Å². The molecule has 0 fully saturated rings. The van der Waals surface area contributed by atoms with Crippen molar-refractivity contribution in [1.29, 1.82) is 1.43 Å². The highest BCUT2D eigenvalue weighted by Crippen LogP contribution is 2.00. The van der Waals surface area contributed by atoms with Crippen molar-refractivity contribution in [3.63, 3.8) is 0 Å². The van der Waals surface area contributed by atoms with Gasteiger partial charge in [-0.25, -0.2) is 0 Å². The zero-order valence-electron chi connectivity index (χ0n) is 6.61. The lowest BCUT2D eigenvalue weighted by Crippen LogP contribution is -2.17. The Balaban J connectivity index is 3.70. The Kier molecular flexibility index (Phi) is 2.97. The van der Waals surface area contributed by atoms with Gasteiger partial charge in [0.15, 0.2) is 0 Å². The maximum atomic E-state index is 7.93. The van der Waals surface area contributed by atoms with Gasteiger partial charge in [-0.15, -0.1) is 0 Å². The number of azide groups is 1. The summed E-state index contributed by atoms with van der Waals surface area (Å²) < 4.78 is 6.59. The molecule has 0 amide bonds. The highest BCUT2D eigenvalue weighted by atomic mass is 16.3. The summed E-state index contributed by atoms with van der Waals surface area (Å²) in [5.41, 5.74) is 7.93. The number of aliphatic hydroxyl groups is 1. The van der Waals surface area contributed by atoms with Crippen LogP contribution in [0.15, 0.2) is 5.11 Å². The highest BCUT2D eigenvalue weighted by Gasteiger charge is 2.05. The minimum Gasteiger partial charge on any atom is -0.393 e. The van der Waals surface area contributed by atoms with Gasteiger partial charge in [-0.05, 0) is 11.4 Å². The normalized spacial score (nSPS) is 14.3. The van der Waals surface area contributed by atoms with E-state index in [0.717, 1.165) is 0 Å². The SMILES string of the molecule is [3H]O[C@H](CN=[N+]=[N-])C(C)C. The van der Waals surface area contributed by atoms with Crippen LogP contribution in [0.2, 0.25) is 0 Å². The molecule has 4 heteroatoms. The van der Waals surface area contributed by atoms with Crippen LogP contribution < -0.4 is 0 Å². The van der Waals surface area contributed by atoms with Gasteiger partial charge in [-0.2, -0.15) is 0 Å². The number of hydrogen-bond donors (Lipinski definition) is 1. The summed E-state index contributed by atoms with van der Waals surface area (Å²) in [5, 5.41) is 7.60. The molecule has 0 aromatic carbocycles. The maximum absolute atomic E-state index is 7.93. The van der Waals surface area contributed by atoms with Gasteiger partial charge in [0, 0.05) is 4.91 Å². The average Bonchev–Trinajstić information content (AvgIpc) is 1.89. The highest BCUT2D eigenvalue weighted by molar-refractivity contribution is 4.62. The largest absolute Gasteiger partial charge is 0.393 e. The lowest BCUT2D eigenvalue weighted by Gasteiger charge is -2.09. The van der Waals surface area contributed by atoms with Crippen molar-refractivity contribution in [3.05, 3.63) is 10.4 Å². The number of nitrogens with zero attached hydrogens (tertiary/aromatic N) is 3. The van der Waals surface area contributed by atoms with Gasteiger partial charge in [0.1, 0.15) is 0 Å². The molecule has 0 rings (SSSR count). The first kappa shape index (κ1) is 6.39. The van der Waals surface area contributed by atoms with Crippen LogP contribution in [-0.4, -0.2) is 19.2 Å². The zero-order chi connectivity index (χ0) is 7.98. The van der Waals surface area contributed by atoms with Gasteiger partial charge in [0.25, 0.3) is 0 Å². The number of rotatable bonds is 4. The lowest BCUT2D eigenvalue weighted by atomic mass is 10.1. The van der Waals surface area contributed by atoms with E-state index in [2.05, 4.69) is 15.1 Å². The monoisotopic (exact) mass is 131 g/mol. The van der Waals surface area contributed by atoms with Crippen molar-refractivity contribution >= 4 is 0 Å². The van der Waals surface area contributed by atoms with Crippen molar-refractivity contribution in [3.8, 4) is 0 Å². The quantitative estimate of drug-likeness (QED) is 0.349. The molecular formula is C5H11N3O. The summed E-state index contributed by atoms with van der Waals surface area (Å²) >= 11 is 0. The molecule has 0 saturated heterocycles. The molecule has 0 saturated carbocycles. The van der Waals surface area contributed by atoms with Crippen LogP contribution in [0.25, 0.3) is 10.4 Å². The molecule has 1 atom stereocenters. The van der Waals surface area contributed by atoms with Crippen LogP contribution in [0.4, 0.5) is 0 Å². The summed E-state index contributed by atoms with van der Waals surface area (Å²) in [6.07, 6.45) is -0.282. The molecule has 0 heterocycles. The fraction of sp³-hybridized carbons (Fsp3) is 1.00. The summed E-state index contributed by atoms with van der Waals surface area (Å²) in [6.45, 7) is 4.05. The second-order valence-corrected chi connectivity index (χ2v) is 2.20. The van der Waals surface area contributed by atoms with Crippen LogP contribution in [0.5, 0.6) is 0 Å². The molecule has 0 radical (unpaired) electrons. The Labute approximate surface area is 55.6 Å². The van der Waals surface area contributed by atoms with Gasteiger partial charge in [-0.1, -0.05) is 19.0 Å². The van der Waals surface area contributed by atoms with E-state index < -0.39 is 0 Å². The van der Waals surface area contributed by atoms with Crippen LogP contribution in [-0.2, 0) is 0 Å². The van der Waals surface area contributed by atoms with E-state index in [1.807, 2.05) is 13.8 Å². The van der Waals surface area contributed by atoms with Crippen molar-refractivity contribution in [1.82, 2.24) is 0 Å². The molecule has 9 heavy (non-hydrogen) atoms. The Morgan fingerprint density at radius 2 is 2.56 bits per heavy atom. The molecule has 4 nitrogen and oxygen atoms in total. The van der Waals surface area contributed by atoms with Crippen molar-refractivity contribution in [2.75, 3.05) is 6.54 Å². The van der Waals surface area contributed by atoms with Gasteiger partial charge in [0.05, 0.1) is 12.6 Å². The standard InChI is InChI=1S/C5H11N3O/c1-4(2)5(9)3-7-8-6/h4-5,9H,3H2,1-2H3/t5-/m1/s1/i9T. The Bertz CT molecular complexity index is 133. The summed E-state index contributed by atoms with van der Waals surface area (Å²) in [6, 6.07) is 0. The Hall–Kier alpha value is -0.730. The van der Waals surface area contributed by atoms with Gasteiger partial charge in [0.2, 0.25) is 1.43 Å². The molecule has 1 N–H and O–H groups in total. The first-order valence-corrected chi connectivity index (χ1v) is 2.85. The van der Waals surface area contributed by atoms with E-state index in [1.54, 1.807) is 0 Å². The molecule has 0 bridgehead atoms. The second kappa shape index (κ2) is 4.18. The van der Waals surface area contributed by atoms with Crippen molar-refractivity contribution < 1.29 is 5.11 Å². The molecule has 52 valence electrons. The molecular weight excluding hydrogens is 118 g/mol. The van der Waals surface area contributed by atoms with Gasteiger partial charge >= 0.3 is 0 Å². The third-order valence-electron chi connectivity index (χ3n) is 1.07. The van der Waals surface area contributed by atoms with Crippen LogP contribution in [0, 0.1) is 5.92 Å². The molecule has 0 aliphatic carbocycles. The molecule has 0 aromatic rings. The van der Waals surface area contributed by atoms with Crippen LogP contribution in [0.1, 0.15) is 13.8 Å². The molecule has 0 aliphatic rings. The Morgan fingerprint density at radius 3 is 2.89 bits per heavy atom. The maximum Gasteiger partial charge on any atom is 0.210 e. The summed E-state index contributed by atoms with van der Waals surface area (Å²) in [7, 11) is 0. The molecule has 0 aliphatic heterocycles. The fourth-order valence-electron chi connectivity index (χ4n) is 0.328. The first-order chi connectivity index (χ1) is 4.72. The minimum atomic E-state index is -0.282. The van der Waals surface area contributed by atoms with E-state index in [4.69, 9.17) is 6.96 Å². The first-order valence-electron chi connectivity index (χ1n) is 3.26. The third kappa shape index (κ3) is 3.82.